The number of nitrogen functional groups attached to an aromatic ring is 1. The van der Waals surface area contributed by atoms with Gasteiger partial charge < -0.3 is 35.8 Å². The minimum absolute atomic E-state index is 0.253. The summed E-state index contributed by atoms with van der Waals surface area (Å²) in [6.45, 7) is 8.40. The quantitative estimate of drug-likeness (QED) is 0.418. The predicted molar refractivity (Wildman–Crippen MR) is 155 cm³/mol. The van der Waals surface area contributed by atoms with Crippen molar-refractivity contribution in [1.29, 1.82) is 0 Å². The number of ether oxygens (including phenoxy) is 1. The van der Waals surface area contributed by atoms with Crippen LogP contribution in [-0.4, -0.2) is 81.2 Å². The number of pyridine rings is 1. The van der Waals surface area contributed by atoms with Crippen molar-refractivity contribution in [3.63, 3.8) is 0 Å². The van der Waals surface area contributed by atoms with Gasteiger partial charge in [-0.3, -0.25) is 9.59 Å². The number of morpholine rings is 1. The molecule has 2 saturated heterocycles. The van der Waals surface area contributed by atoms with Gasteiger partial charge in [0.2, 0.25) is 0 Å². The molecule has 0 spiro atoms. The molecule has 3 heterocycles. The van der Waals surface area contributed by atoms with E-state index in [9.17, 15) is 9.59 Å². The average molecular weight is 530 g/mol. The lowest BCUT2D eigenvalue weighted by molar-refractivity contribution is 0.101. The minimum Gasteiger partial charge on any atom is -0.398 e. The highest BCUT2D eigenvalue weighted by atomic mass is 16.5. The Balaban J connectivity index is 1.29. The number of anilines is 5. The Labute approximate surface area is 228 Å². The fourth-order valence-corrected chi connectivity index (χ4v) is 4.75. The van der Waals surface area contributed by atoms with Crippen molar-refractivity contribution in [2.45, 2.75) is 6.92 Å². The van der Waals surface area contributed by atoms with E-state index >= 15 is 0 Å². The van der Waals surface area contributed by atoms with Crippen molar-refractivity contribution in [3.05, 3.63) is 71.4 Å². The summed E-state index contributed by atoms with van der Waals surface area (Å²) in [5, 5.41) is 5.92. The number of likely N-dealkylation sites (N-methyl/N-ethyl adjacent to an activating group) is 1. The number of benzene rings is 2. The zero-order chi connectivity index (χ0) is 27.4. The largest absolute Gasteiger partial charge is 0.398 e. The lowest BCUT2D eigenvalue weighted by Crippen LogP contribution is -2.44. The number of rotatable bonds is 6. The highest BCUT2D eigenvalue weighted by molar-refractivity contribution is 6.09. The molecule has 0 radical (unpaired) electrons. The fourth-order valence-electron chi connectivity index (χ4n) is 4.75. The van der Waals surface area contributed by atoms with Crippen molar-refractivity contribution in [2.75, 3.05) is 85.7 Å². The molecule has 0 aliphatic carbocycles. The molecule has 2 aliphatic heterocycles. The maximum Gasteiger partial charge on any atom is 0.257 e. The summed E-state index contributed by atoms with van der Waals surface area (Å²) in [6.07, 6.45) is 1.64. The Morgan fingerprint density at radius 2 is 1.64 bits per heavy atom. The molecule has 0 bridgehead atoms. The van der Waals surface area contributed by atoms with Gasteiger partial charge in [0.25, 0.3) is 11.8 Å². The monoisotopic (exact) mass is 529 g/mol. The molecule has 0 saturated carbocycles. The molecule has 2 aliphatic rings. The van der Waals surface area contributed by atoms with E-state index in [2.05, 4.69) is 37.4 Å². The van der Waals surface area contributed by atoms with Crippen LogP contribution >= 0.6 is 0 Å². The van der Waals surface area contributed by atoms with E-state index in [1.165, 1.54) is 0 Å². The van der Waals surface area contributed by atoms with E-state index in [1.807, 2.05) is 31.2 Å². The first kappa shape index (κ1) is 26.5. The van der Waals surface area contributed by atoms with Crippen LogP contribution in [0, 0.1) is 6.92 Å². The molecule has 2 fully saturated rings. The summed E-state index contributed by atoms with van der Waals surface area (Å²) < 4.78 is 5.41. The number of hydrogen-bond donors (Lipinski definition) is 3. The van der Waals surface area contributed by atoms with Gasteiger partial charge in [-0.25, -0.2) is 4.98 Å². The van der Waals surface area contributed by atoms with Gasteiger partial charge in [-0.15, -0.1) is 0 Å². The number of carbonyl (C=O) groups is 2. The van der Waals surface area contributed by atoms with Crippen LogP contribution in [0.3, 0.4) is 0 Å². The first-order valence-corrected chi connectivity index (χ1v) is 13.2. The zero-order valence-electron chi connectivity index (χ0n) is 22.4. The number of nitrogens with zero attached hydrogens (tertiary/aromatic N) is 4. The molecular weight excluding hydrogens is 494 g/mol. The number of nitrogens with one attached hydrogen (secondary N) is 2. The Hall–Kier alpha value is -4.15. The van der Waals surface area contributed by atoms with Crippen LogP contribution in [0.15, 0.2) is 54.7 Å². The molecule has 10 nitrogen and oxygen atoms in total. The third kappa shape index (κ3) is 6.30. The smallest absolute Gasteiger partial charge is 0.257 e. The van der Waals surface area contributed by atoms with Crippen LogP contribution in [0.2, 0.25) is 0 Å². The molecule has 3 aromatic rings. The van der Waals surface area contributed by atoms with Gasteiger partial charge in [-0.05, 0) is 62.0 Å². The number of hydrogen-bond acceptors (Lipinski definition) is 8. The standard InChI is InChI=1S/C29H35N7O3/c1-20-3-4-22(32-28(37)21-7-8-31-27(17-21)36-13-15-39-16-14-36)18-26(20)33-29(38)24-19-23(5-6-25(24)30)35-11-9-34(2)10-12-35/h3-8,17-19H,9-16,30H2,1-2H3,(H,32,37)(H,33,38). The van der Waals surface area contributed by atoms with Crippen LogP contribution < -0.4 is 26.2 Å². The second-order valence-corrected chi connectivity index (χ2v) is 10.0. The fraction of sp³-hybridized carbons (Fsp3) is 0.345. The maximum absolute atomic E-state index is 13.3. The summed E-state index contributed by atoms with van der Waals surface area (Å²) >= 11 is 0. The number of nitrogens with two attached hydrogens (primary N) is 1. The normalized spacial score (nSPS) is 16.2. The van der Waals surface area contributed by atoms with Crippen LogP contribution in [0.4, 0.5) is 28.6 Å². The second-order valence-electron chi connectivity index (χ2n) is 10.0. The van der Waals surface area contributed by atoms with Gasteiger partial charge in [0.15, 0.2) is 0 Å². The molecule has 2 aromatic carbocycles. The van der Waals surface area contributed by atoms with Gasteiger partial charge in [0.1, 0.15) is 5.82 Å². The number of aryl methyl sites for hydroxylation is 1. The molecular formula is C29H35N7O3. The van der Waals surface area contributed by atoms with Crippen molar-refractivity contribution < 1.29 is 14.3 Å². The average Bonchev–Trinajstić information content (AvgIpc) is 2.96. The van der Waals surface area contributed by atoms with Crippen LogP contribution in [0.5, 0.6) is 0 Å². The van der Waals surface area contributed by atoms with Crippen molar-refractivity contribution in [3.8, 4) is 0 Å². The number of amides is 2. The third-order valence-electron chi connectivity index (χ3n) is 7.24. The maximum atomic E-state index is 13.3. The minimum atomic E-state index is -0.292. The molecule has 10 heteroatoms. The summed E-state index contributed by atoms with van der Waals surface area (Å²) in [7, 11) is 2.11. The van der Waals surface area contributed by atoms with E-state index in [1.54, 1.807) is 30.5 Å². The first-order chi connectivity index (χ1) is 18.9. The number of piperazine rings is 1. The third-order valence-corrected chi connectivity index (χ3v) is 7.24. The van der Waals surface area contributed by atoms with E-state index < -0.39 is 0 Å². The topological polar surface area (TPSA) is 116 Å². The van der Waals surface area contributed by atoms with Crippen LogP contribution in [0.1, 0.15) is 26.3 Å². The number of carbonyl (C=O) groups excluding carboxylic acids is 2. The second kappa shape index (κ2) is 11.7. The van der Waals surface area contributed by atoms with Crippen molar-refractivity contribution in [1.82, 2.24) is 9.88 Å². The van der Waals surface area contributed by atoms with Crippen LogP contribution in [-0.2, 0) is 4.74 Å². The van der Waals surface area contributed by atoms with Crippen molar-refractivity contribution >= 4 is 40.4 Å². The lowest BCUT2D eigenvalue weighted by Gasteiger charge is -2.34. The molecule has 0 unspecified atom stereocenters. The summed E-state index contributed by atoms with van der Waals surface area (Å²) in [4.78, 5) is 37.4. The van der Waals surface area contributed by atoms with E-state index in [0.717, 1.165) is 56.3 Å². The van der Waals surface area contributed by atoms with E-state index in [0.29, 0.717) is 41.4 Å². The van der Waals surface area contributed by atoms with Gasteiger partial charge in [-0.1, -0.05) is 6.07 Å². The predicted octanol–water partition coefficient (Wildman–Crippen LogP) is 3.07. The Morgan fingerprint density at radius 1 is 0.872 bits per heavy atom. The zero-order valence-corrected chi connectivity index (χ0v) is 22.4. The molecule has 39 heavy (non-hydrogen) atoms. The Kier molecular flexibility index (Phi) is 7.94. The Morgan fingerprint density at radius 3 is 2.41 bits per heavy atom. The summed E-state index contributed by atoms with van der Waals surface area (Å²) in [6, 6.07) is 14.5. The Bertz CT molecular complexity index is 1350. The lowest BCUT2D eigenvalue weighted by atomic mass is 10.1. The first-order valence-electron chi connectivity index (χ1n) is 13.2. The highest BCUT2D eigenvalue weighted by Crippen LogP contribution is 2.26. The van der Waals surface area contributed by atoms with Gasteiger partial charge in [0.05, 0.1) is 18.8 Å². The molecule has 2 amide bonds. The number of aromatic nitrogens is 1. The highest BCUT2D eigenvalue weighted by Gasteiger charge is 2.19. The van der Waals surface area contributed by atoms with Gasteiger partial charge in [-0.2, -0.15) is 0 Å². The molecule has 204 valence electrons. The van der Waals surface area contributed by atoms with Crippen molar-refractivity contribution in [2.24, 2.45) is 0 Å². The molecule has 1 aromatic heterocycles. The molecule has 5 rings (SSSR count). The summed E-state index contributed by atoms with van der Waals surface area (Å²) in [5.41, 5.74) is 10.6. The molecule has 0 atom stereocenters. The van der Waals surface area contributed by atoms with Gasteiger partial charge in [0, 0.05) is 73.8 Å². The molecule has 4 N–H and O–H groups in total. The SMILES string of the molecule is Cc1ccc(NC(=O)c2ccnc(N3CCOCC3)c2)cc1NC(=O)c1cc(N2CCN(C)CC2)ccc1N. The van der Waals surface area contributed by atoms with E-state index in [-0.39, 0.29) is 11.8 Å². The van der Waals surface area contributed by atoms with E-state index in [4.69, 9.17) is 10.5 Å². The van der Waals surface area contributed by atoms with Crippen LogP contribution in [0.25, 0.3) is 0 Å². The van der Waals surface area contributed by atoms with Gasteiger partial charge >= 0.3 is 0 Å². The summed E-state index contributed by atoms with van der Waals surface area (Å²) in [5.74, 6) is 0.204.